The minimum Gasteiger partial charge on any atom is -0.490 e. The van der Waals surface area contributed by atoms with E-state index in [9.17, 15) is 26.4 Å². The zero-order valence-corrected chi connectivity index (χ0v) is 30.9. The number of nitrogens with zero attached hydrogens (tertiary/aromatic N) is 2. The molecule has 0 unspecified atom stereocenters. The molecule has 288 valence electrons. The van der Waals surface area contributed by atoms with Crippen molar-refractivity contribution in [3.05, 3.63) is 90.0 Å². The van der Waals surface area contributed by atoms with Crippen LogP contribution in [0.15, 0.2) is 89.8 Å². The van der Waals surface area contributed by atoms with Gasteiger partial charge in [-0.15, -0.1) is 0 Å². The maximum Gasteiger partial charge on any atom is 0.490 e. The van der Waals surface area contributed by atoms with Gasteiger partial charge in [0.15, 0.2) is 0 Å². The second-order valence-electron chi connectivity index (χ2n) is 13.5. The van der Waals surface area contributed by atoms with Crippen LogP contribution in [0.2, 0.25) is 5.02 Å². The van der Waals surface area contributed by atoms with Crippen LogP contribution in [0.25, 0.3) is 21.9 Å². The fourth-order valence-corrected chi connectivity index (χ4v) is 8.73. The highest BCUT2D eigenvalue weighted by atomic mass is 35.5. The molecule has 7 rings (SSSR count). The lowest BCUT2D eigenvalue weighted by Gasteiger charge is -2.40. The third-order valence-corrected chi connectivity index (χ3v) is 11.9. The fourth-order valence-electron chi connectivity index (χ4n) is 6.96. The quantitative estimate of drug-likeness (QED) is 0.193. The maximum absolute atomic E-state index is 14.3. The van der Waals surface area contributed by atoms with E-state index in [0.29, 0.717) is 43.4 Å². The molecule has 10 nitrogen and oxygen atoms in total. The first-order chi connectivity index (χ1) is 25.8. The normalized spacial score (nSPS) is 19.9. The van der Waals surface area contributed by atoms with E-state index in [2.05, 4.69) is 5.32 Å². The van der Waals surface area contributed by atoms with E-state index in [-0.39, 0.29) is 36.0 Å². The van der Waals surface area contributed by atoms with Gasteiger partial charge in [-0.3, -0.25) is 4.79 Å². The molecule has 2 saturated heterocycles. The van der Waals surface area contributed by atoms with E-state index in [4.69, 9.17) is 31.0 Å². The fraction of sp³-hybridized carbons (Fsp3) is 0.385. The van der Waals surface area contributed by atoms with Crippen LogP contribution < -0.4 is 14.8 Å². The first-order valence-corrected chi connectivity index (χ1v) is 19.6. The number of hydrogen-bond acceptors (Lipinski definition) is 7. The average Bonchev–Trinajstić information content (AvgIpc) is 3.68. The molecule has 3 fully saturated rings. The summed E-state index contributed by atoms with van der Waals surface area (Å²) in [5, 5.41) is 12.8. The Bertz CT molecular complexity index is 2040. The Morgan fingerprint density at radius 1 is 0.759 bits per heavy atom. The van der Waals surface area contributed by atoms with Crippen molar-refractivity contribution in [3.63, 3.8) is 0 Å². The van der Waals surface area contributed by atoms with Gasteiger partial charge in [0, 0.05) is 44.2 Å². The minimum absolute atomic E-state index is 0.170. The first-order valence-electron chi connectivity index (χ1n) is 17.8. The summed E-state index contributed by atoms with van der Waals surface area (Å²) in [6.45, 7) is 2.64. The Morgan fingerprint density at radius 3 is 1.94 bits per heavy atom. The van der Waals surface area contributed by atoms with Gasteiger partial charge in [-0.1, -0.05) is 48.0 Å². The van der Waals surface area contributed by atoms with Gasteiger partial charge in [0.1, 0.15) is 23.6 Å². The van der Waals surface area contributed by atoms with E-state index in [1.165, 1.54) is 17.1 Å². The molecule has 0 bridgehead atoms. The molecule has 1 aliphatic carbocycles. The number of hydrogen-bond donors (Lipinski definition) is 2. The number of piperazine rings is 1. The van der Waals surface area contributed by atoms with Crippen molar-refractivity contribution in [2.24, 2.45) is 0 Å². The van der Waals surface area contributed by atoms with E-state index < -0.39 is 28.2 Å². The standard InChI is InChI=1S/C37H40ClN3O5S.C2HF3O2/c38-30-11-5-26(6-12-30)27-7-13-32(14-8-27)46-34-17-20-41(36(25-34)37(42)40-21-18-39-19-22-40)47(43,44)35-16-10-28-23-33(15-9-29(28)24-35)45-31-3-1-2-4-31;3-2(4,5)1(6)7/h5-16,23-24,31,34,36,39H,1-4,17-22,25H2;(H,6,7)/t34-,36+;/m1./s1. The molecule has 3 aliphatic rings. The van der Waals surface area contributed by atoms with Gasteiger partial charge in [-0.2, -0.15) is 17.5 Å². The first kappa shape index (κ1) is 39.3. The number of carboxylic acid groups (broad SMARTS) is 1. The predicted octanol–water partition coefficient (Wildman–Crippen LogP) is 7.15. The number of carbonyl (C=O) groups is 2. The topological polar surface area (TPSA) is 125 Å². The number of benzene rings is 4. The number of sulfonamides is 1. The van der Waals surface area contributed by atoms with Crippen molar-refractivity contribution >= 4 is 44.3 Å². The Morgan fingerprint density at radius 2 is 1.31 bits per heavy atom. The molecule has 0 spiro atoms. The largest absolute Gasteiger partial charge is 0.490 e. The smallest absolute Gasteiger partial charge is 0.490 e. The summed E-state index contributed by atoms with van der Waals surface area (Å²) in [6, 6.07) is 25.6. The van der Waals surface area contributed by atoms with E-state index in [0.717, 1.165) is 40.5 Å². The van der Waals surface area contributed by atoms with Crippen molar-refractivity contribution in [2.45, 2.75) is 67.8 Å². The van der Waals surface area contributed by atoms with Gasteiger partial charge in [-0.05, 0) is 103 Å². The predicted molar refractivity (Wildman–Crippen MR) is 198 cm³/mol. The summed E-state index contributed by atoms with van der Waals surface area (Å²) < 4.78 is 74.2. The highest BCUT2D eigenvalue weighted by Gasteiger charge is 2.43. The van der Waals surface area contributed by atoms with Crippen LogP contribution in [0.3, 0.4) is 0 Å². The minimum atomic E-state index is -5.08. The molecule has 4 aromatic carbocycles. The van der Waals surface area contributed by atoms with Crippen LogP contribution in [0.1, 0.15) is 38.5 Å². The average molecular weight is 788 g/mol. The summed E-state index contributed by atoms with van der Waals surface area (Å²) in [5.41, 5.74) is 2.09. The third kappa shape index (κ3) is 9.64. The van der Waals surface area contributed by atoms with Gasteiger partial charge < -0.3 is 24.8 Å². The van der Waals surface area contributed by atoms with Crippen molar-refractivity contribution in [1.29, 1.82) is 0 Å². The SMILES string of the molecule is O=C(O)C(F)(F)F.O=C([C@@H]1C[C@H](Oc2ccc(-c3ccc(Cl)cc3)cc2)CCN1S(=O)(=O)c1ccc2cc(OC3CCCC3)ccc2c1)N1CCNCC1. The number of aliphatic carboxylic acids is 1. The lowest BCUT2D eigenvalue weighted by molar-refractivity contribution is -0.192. The summed E-state index contributed by atoms with van der Waals surface area (Å²) in [5.74, 6) is -1.44. The molecular weight excluding hydrogens is 747 g/mol. The van der Waals surface area contributed by atoms with E-state index in [1.54, 1.807) is 17.0 Å². The molecule has 2 atom stereocenters. The monoisotopic (exact) mass is 787 g/mol. The van der Waals surface area contributed by atoms with Crippen molar-refractivity contribution in [1.82, 2.24) is 14.5 Å². The Balaban J connectivity index is 0.000000649. The highest BCUT2D eigenvalue weighted by Crippen LogP contribution is 2.33. The molecule has 2 N–H and O–H groups in total. The molecule has 1 amide bonds. The van der Waals surface area contributed by atoms with Gasteiger partial charge in [0.05, 0.1) is 11.0 Å². The summed E-state index contributed by atoms with van der Waals surface area (Å²) >= 11 is 6.05. The number of alkyl halides is 3. The van der Waals surface area contributed by atoms with Crippen LogP contribution in [0, 0.1) is 0 Å². The highest BCUT2D eigenvalue weighted by molar-refractivity contribution is 7.89. The van der Waals surface area contributed by atoms with Crippen LogP contribution in [-0.4, -0.2) is 91.8 Å². The van der Waals surface area contributed by atoms with Crippen LogP contribution in [-0.2, 0) is 19.6 Å². The van der Waals surface area contributed by atoms with Crippen LogP contribution >= 0.6 is 11.6 Å². The van der Waals surface area contributed by atoms with E-state index >= 15 is 0 Å². The number of carbonyl (C=O) groups excluding carboxylic acids is 1. The zero-order valence-electron chi connectivity index (χ0n) is 29.3. The molecule has 2 heterocycles. The molecule has 2 aliphatic heterocycles. The lowest BCUT2D eigenvalue weighted by Crippen LogP contribution is -2.58. The molecule has 0 aromatic heterocycles. The van der Waals surface area contributed by atoms with Crippen molar-refractivity contribution in [2.75, 3.05) is 32.7 Å². The number of amides is 1. The Hall–Kier alpha value is -4.37. The zero-order chi connectivity index (χ0) is 38.5. The number of rotatable bonds is 8. The number of fused-ring (bicyclic) bond motifs is 1. The third-order valence-electron chi connectivity index (χ3n) is 9.79. The van der Waals surface area contributed by atoms with Crippen LogP contribution in [0.4, 0.5) is 13.2 Å². The van der Waals surface area contributed by atoms with Crippen LogP contribution in [0.5, 0.6) is 11.5 Å². The second kappa shape index (κ2) is 17.0. The summed E-state index contributed by atoms with van der Waals surface area (Å²) in [4.78, 5) is 24.8. The lowest BCUT2D eigenvalue weighted by atomic mass is 10.00. The number of halogens is 4. The maximum atomic E-state index is 14.3. The molecule has 0 radical (unpaired) electrons. The molecular formula is C39H41ClF3N3O7S. The number of piperidine rings is 1. The van der Waals surface area contributed by atoms with Gasteiger partial charge in [-0.25, -0.2) is 13.2 Å². The Labute approximate surface area is 316 Å². The summed E-state index contributed by atoms with van der Waals surface area (Å²) in [7, 11) is -3.98. The Kier molecular flexibility index (Phi) is 12.4. The van der Waals surface area contributed by atoms with E-state index in [1.807, 2.05) is 72.8 Å². The van der Waals surface area contributed by atoms with Gasteiger partial charge in [0.2, 0.25) is 15.9 Å². The van der Waals surface area contributed by atoms with Crippen molar-refractivity contribution in [3.8, 4) is 22.6 Å². The number of ether oxygens (including phenoxy) is 2. The molecule has 1 saturated carbocycles. The second-order valence-corrected chi connectivity index (χ2v) is 15.8. The van der Waals surface area contributed by atoms with Gasteiger partial charge >= 0.3 is 12.1 Å². The molecule has 54 heavy (non-hydrogen) atoms. The number of carboxylic acids is 1. The number of nitrogens with one attached hydrogen (secondary N) is 1. The van der Waals surface area contributed by atoms with Crippen molar-refractivity contribution < 1.29 is 45.8 Å². The molecule has 15 heteroatoms. The van der Waals surface area contributed by atoms with Gasteiger partial charge in [0.25, 0.3) is 0 Å². The summed E-state index contributed by atoms with van der Waals surface area (Å²) in [6.07, 6.45) is 0.128. The molecule has 4 aromatic rings.